The Balaban J connectivity index is 1.80. The second-order valence-electron chi connectivity index (χ2n) is 8.60. The first kappa shape index (κ1) is 24.7. The molecular weight excluding hydrogens is 468 g/mol. The summed E-state index contributed by atoms with van der Waals surface area (Å²) in [6.07, 6.45) is 11.9. The Morgan fingerprint density at radius 1 is 1.43 bits per heavy atom. The summed E-state index contributed by atoms with van der Waals surface area (Å²) in [4.78, 5) is 24.3. The number of allylic oxidation sites excluding steroid dienone is 4. The SMILES string of the molecule is CCC(Cl)/C=C\C=C(/C)Nc1cc(=NC2CCNCC2)n2ncc(=Cc3[nH]c(=O)n(C)c3O)c2n1. The lowest BCUT2D eigenvalue weighted by Crippen LogP contribution is -2.32. The van der Waals surface area contributed by atoms with E-state index in [0.29, 0.717) is 22.2 Å². The van der Waals surface area contributed by atoms with E-state index < -0.39 is 5.69 Å². The fraction of sp³-hybridized carbons (Fsp3) is 0.417. The first-order valence-electron chi connectivity index (χ1n) is 11.7. The minimum absolute atomic E-state index is 0.00496. The van der Waals surface area contributed by atoms with Crippen molar-refractivity contribution in [3.05, 3.63) is 63.1 Å². The van der Waals surface area contributed by atoms with Crippen LogP contribution < -0.4 is 27.0 Å². The molecule has 0 aromatic carbocycles. The predicted octanol–water partition coefficient (Wildman–Crippen LogP) is 1.55. The van der Waals surface area contributed by atoms with Crippen molar-refractivity contribution in [2.75, 3.05) is 18.4 Å². The van der Waals surface area contributed by atoms with Crippen LogP contribution in [-0.2, 0) is 7.05 Å². The summed E-state index contributed by atoms with van der Waals surface area (Å²) >= 11 is 6.16. The molecule has 4 N–H and O–H groups in total. The van der Waals surface area contributed by atoms with Gasteiger partial charge in [-0.25, -0.2) is 9.78 Å². The highest BCUT2D eigenvalue weighted by atomic mass is 35.5. The van der Waals surface area contributed by atoms with E-state index in [1.165, 1.54) is 7.05 Å². The van der Waals surface area contributed by atoms with Gasteiger partial charge in [0, 0.05) is 24.0 Å². The lowest BCUT2D eigenvalue weighted by Gasteiger charge is -2.18. The first-order chi connectivity index (χ1) is 16.9. The van der Waals surface area contributed by atoms with Crippen molar-refractivity contribution in [3.8, 4) is 5.88 Å². The number of alkyl halides is 1. The number of aromatic hydroxyl groups is 1. The number of rotatable bonds is 7. The van der Waals surface area contributed by atoms with Crippen LogP contribution in [0.1, 0.15) is 38.8 Å². The number of H-pyrrole nitrogens is 1. The number of halogens is 1. The predicted molar refractivity (Wildman–Crippen MR) is 137 cm³/mol. The number of aromatic amines is 1. The smallest absolute Gasteiger partial charge is 0.328 e. The molecule has 1 saturated heterocycles. The van der Waals surface area contributed by atoms with Crippen LogP contribution in [0.15, 0.2) is 46.0 Å². The van der Waals surface area contributed by atoms with Crippen molar-refractivity contribution in [3.63, 3.8) is 0 Å². The van der Waals surface area contributed by atoms with Crippen LogP contribution in [0.3, 0.4) is 0 Å². The van der Waals surface area contributed by atoms with E-state index in [1.54, 1.807) is 16.8 Å². The first-order valence-corrected chi connectivity index (χ1v) is 12.2. The maximum atomic E-state index is 11.9. The monoisotopic (exact) mass is 498 g/mol. The molecule has 3 aromatic heterocycles. The highest BCUT2D eigenvalue weighted by molar-refractivity contribution is 6.21. The van der Waals surface area contributed by atoms with Gasteiger partial charge in [0.05, 0.1) is 17.6 Å². The standard InChI is InChI=1S/C24H31ClN8O2/c1-4-17(25)7-5-6-15(2)28-20-13-21(29-18-8-10-26-11-9-18)33-22(31-20)16(14-27-33)12-19-23(34)32(3)24(35)30-19/h5-7,12-14,17-18,26,28,34H,4,8-11H2,1-3H3,(H,30,35)/b7-5-,15-6+,16-12?,29-21?. The summed E-state index contributed by atoms with van der Waals surface area (Å²) in [6.45, 7) is 5.85. The number of imidazole rings is 1. The molecule has 35 heavy (non-hydrogen) atoms. The average Bonchev–Trinajstić information content (AvgIpc) is 3.35. The molecule has 1 atom stereocenters. The summed E-state index contributed by atoms with van der Waals surface area (Å²) < 4.78 is 2.83. The van der Waals surface area contributed by atoms with Crippen LogP contribution in [0.2, 0.25) is 0 Å². The van der Waals surface area contributed by atoms with E-state index in [1.807, 2.05) is 38.1 Å². The zero-order chi connectivity index (χ0) is 24.9. The van der Waals surface area contributed by atoms with Crippen LogP contribution in [0, 0.1) is 0 Å². The second-order valence-corrected chi connectivity index (χ2v) is 9.16. The molecule has 11 heteroatoms. The Morgan fingerprint density at radius 2 is 2.20 bits per heavy atom. The molecule has 0 amide bonds. The van der Waals surface area contributed by atoms with Gasteiger partial charge in [-0.2, -0.15) is 9.61 Å². The summed E-state index contributed by atoms with van der Waals surface area (Å²) in [7, 11) is 1.49. The Hall–Kier alpha value is -3.37. The summed E-state index contributed by atoms with van der Waals surface area (Å²) in [5.41, 5.74) is 2.02. The number of hydrogen-bond acceptors (Lipinski definition) is 7. The molecule has 0 aliphatic carbocycles. The third-order valence-electron chi connectivity index (χ3n) is 5.89. The van der Waals surface area contributed by atoms with E-state index in [4.69, 9.17) is 21.6 Å². The molecule has 1 aliphatic rings. The molecule has 0 bridgehead atoms. The van der Waals surface area contributed by atoms with Gasteiger partial charge in [-0.1, -0.05) is 19.1 Å². The number of nitrogens with zero attached hydrogens (tertiary/aromatic N) is 5. The Labute approximate surface area is 207 Å². The Bertz CT molecular complexity index is 1430. The van der Waals surface area contributed by atoms with Crippen molar-refractivity contribution in [2.24, 2.45) is 12.0 Å². The van der Waals surface area contributed by atoms with Gasteiger partial charge >= 0.3 is 5.69 Å². The Morgan fingerprint density at radius 3 is 2.89 bits per heavy atom. The number of nitrogens with one attached hydrogen (secondary N) is 3. The molecule has 186 valence electrons. The molecule has 0 saturated carbocycles. The molecule has 0 radical (unpaired) electrons. The molecule has 1 unspecified atom stereocenters. The van der Waals surface area contributed by atoms with Crippen LogP contribution in [-0.4, -0.2) is 53.8 Å². The maximum absolute atomic E-state index is 11.9. The van der Waals surface area contributed by atoms with Crippen LogP contribution >= 0.6 is 11.6 Å². The number of hydrogen-bond donors (Lipinski definition) is 4. The second kappa shape index (κ2) is 10.9. The van der Waals surface area contributed by atoms with E-state index in [0.717, 1.165) is 42.6 Å². The average molecular weight is 499 g/mol. The van der Waals surface area contributed by atoms with Crippen molar-refractivity contribution < 1.29 is 5.11 Å². The van der Waals surface area contributed by atoms with Gasteiger partial charge < -0.3 is 20.7 Å². The third-order valence-corrected chi connectivity index (χ3v) is 6.34. The zero-order valence-corrected chi connectivity index (χ0v) is 20.9. The number of anilines is 1. The maximum Gasteiger partial charge on any atom is 0.328 e. The molecular formula is C24H31ClN8O2. The van der Waals surface area contributed by atoms with Crippen molar-refractivity contribution >= 4 is 29.1 Å². The quantitative estimate of drug-likeness (QED) is 0.289. The molecule has 4 heterocycles. The normalized spacial score (nSPS) is 17.7. The Kier molecular flexibility index (Phi) is 7.72. The van der Waals surface area contributed by atoms with E-state index in [9.17, 15) is 9.90 Å². The minimum Gasteiger partial charge on any atom is -0.493 e. The molecule has 0 spiro atoms. The molecule has 1 aliphatic heterocycles. The van der Waals surface area contributed by atoms with Crippen LogP contribution in [0.25, 0.3) is 11.7 Å². The van der Waals surface area contributed by atoms with Crippen molar-refractivity contribution in [2.45, 2.75) is 44.5 Å². The fourth-order valence-electron chi connectivity index (χ4n) is 3.83. The number of aromatic nitrogens is 5. The van der Waals surface area contributed by atoms with Gasteiger partial charge in [-0.3, -0.25) is 9.56 Å². The van der Waals surface area contributed by atoms with Crippen molar-refractivity contribution in [1.29, 1.82) is 0 Å². The van der Waals surface area contributed by atoms with E-state index >= 15 is 0 Å². The summed E-state index contributed by atoms with van der Waals surface area (Å²) in [6, 6.07) is 2.07. The fourth-order valence-corrected chi connectivity index (χ4v) is 3.92. The number of piperidine rings is 1. The van der Waals surface area contributed by atoms with Gasteiger partial charge in [-0.05, 0) is 51.4 Å². The largest absolute Gasteiger partial charge is 0.493 e. The lowest BCUT2D eigenvalue weighted by atomic mass is 10.1. The highest BCUT2D eigenvalue weighted by Crippen LogP contribution is 2.12. The van der Waals surface area contributed by atoms with Gasteiger partial charge in [0.2, 0.25) is 5.88 Å². The van der Waals surface area contributed by atoms with Gasteiger partial charge in [0.15, 0.2) is 11.1 Å². The molecule has 3 aromatic rings. The van der Waals surface area contributed by atoms with Gasteiger partial charge in [0.1, 0.15) is 11.5 Å². The van der Waals surface area contributed by atoms with E-state index in [2.05, 4.69) is 20.7 Å². The summed E-state index contributed by atoms with van der Waals surface area (Å²) in [5.74, 6) is 0.463. The number of fused-ring (bicyclic) bond motifs is 1. The lowest BCUT2D eigenvalue weighted by molar-refractivity contribution is 0.428. The van der Waals surface area contributed by atoms with Gasteiger partial charge in [0.25, 0.3) is 0 Å². The highest BCUT2D eigenvalue weighted by Gasteiger charge is 2.14. The zero-order valence-electron chi connectivity index (χ0n) is 20.1. The molecule has 10 nitrogen and oxygen atoms in total. The topological polar surface area (TPSA) is 125 Å². The molecule has 1 fully saturated rings. The third kappa shape index (κ3) is 5.83. The van der Waals surface area contributed by atoms with E-state index in [-0.39, 0.29) is 23.0 Å². The minimum atomic E-state index is -0.404. The van der Waals surface area contributed by atoms with Crippen LogP contribution in [0.4, 0.5) is 5.82 Å². The summed E-state index contributed by atoms with van der Waals surface area (Å²) in [5, 5.41) is 22.1. The molecule has 4 rings (SSSR count). The van der Waals surface area contributed by atoms with Gasteiger partial charge in [-0.15, -0.1) is 11.6 Å². The van der Waals surface area contributed by atoms with Crippen LogP contribution in [0.5, 0.6) is 5.88 Å². The van der Waals surface area contributed by atoms with Crippen molar-refractivity contribution in [1.82, 2.24) is 29.5 Å².